The van der Waals surface area contributed by atoms with Gasteiger partial charge in [-0.3, -0.25) is 9.69 Å². The topological polar surface area (TPSA) is 130 Å². The van der Waals surface area contributed by atoms with Crippen molar-refractivity contribution in [2.45, 2.75) is 50.9 Å². The number of aliphatic hydroxyl groups excluding tert-OH is 1. The van der Waals surface area contributed by atoms with Gasteiger partial charge in [-0.15, -0.1) is 22.7 Å². The number of primary amides is 1. The van der Waals surface area contributed by atoms with Crippen LogP contribution in [-0.4, -0.2) is 52.7 Å². The summed E-state index contributed by atoms with van der Waals surface area (Å²) in [6.07, 6.45) is 7.42. The predicted octanol–water partition coefficient (Wildman–Crippen LogP) is 2.61. The van der Waals surface area contributed by atoms with Crippen LogP contribution in [-0.2, 0) is 0 Å². The van der Waals surface area contributed by atoms with Crippen molar-refractivity contribution in [2.24, 2.45) is 5.73 Å². The molecule has 0 saturated carbocycles. The molecular weight excluding hydrogens is 432 g/mol. The van der Waals surface area contributed by atoms with Crippen molar-refractivity contribution >= 4 is 44.8 Å². The summed E-state index contributed by atoms with van der Waals surface area (Å²) >= 11 is 2.83. The molecule has 4 heterocycles. The lowest BCUT2D eigenvalue weighted by Crippen LogP contribution is -2.49. The van der Waals surface area contributed by atoms with Gasteiger partial charge in [0, 0.05) is 42.8 Å². The lowest BCUT2D eigenvalue weighted by molar-refractivity contribution is 0.100. The van der Waals surface area contributed by atoms with E-state index in [1.807, 2.05) is 5.38 Å². The molecule has 8 nitrogen and oxygen atoms in total. The van der Waals surface area contributed by atoms with Gasteiger partial charge in [0.1, 0.15) is 21.0 Å². The number of nitrogens with zero attached hydrogens (tertiary/aromatic N) is 2. The molecule has 1 fully saturated rings. The molecule has 2 atom stereocenters. The number of carbonyl (C=O) groups excluding carboxylic acids is 1. The van der Waals surface area contributed by atoms with Crippen molar-refractivity contribution in [1.29, 1.82) is 0 Å². The Hall–Kier alpha value is -1.98. The minimum atomic E-state index is -0.556. The van der Waals surface area contributed by atoms with Crippen molar-refractivity contribution in [1.82, 2.24) is 15.2 Å². The fraction of sp³-hybridized carbons (Fsp3) is 0.524. The minimum Gasteiger partial charge on any atom is -0.397 e. The van der Waals surface area contributed by atoms with E-state index in [0.717, 1.165) is 54.3 Å². The second-order valence-corrected chi connectivity index (χ2v) is 10.00. The number of amides is 1. The number of thiazole rings is 1. The first-order valence-electron chi connectivity index (χ1n) is 10.7. The van der Waals surface area contributed by atoms with Crippen molar-refractivity contribution in [3.8, 4) is 0 Å². The molecule has 7 N–H and O–H groups in total. The van der Waals surface area contributed by atoms with Gasteiger partial charge in [-0.1, -0.05) is 13.3 Å². The maximum atomic E-state index is 11.8. The maximum Gasteiger partial charge on any atom is 0.260 e. The number of likely N-dealkylation sites (tertiary alicyclic amines) is 1. The third kappa shape index (κ3) is 4.78. The van der Waals surface area contributed by atoms with Gasteiger partial charge in [-0.25, -0.2) is 4.98 Å². The number of thiophene rings is 1. The number of piperidine rings is 1. The van der Waals surface area contributed by atoms with Gasteiger partial charge in [0.15, 0.2) is 0 Å². The molecule has 168 valence electrons. The highest BCUT2D eigenvalue weighted by molar-refractivity contribution is 7.19. The van der Waals surface area contributed by atoms with Gasteiger partial charge in [-0.05, 0) is 30.9 Å². The van der Waals surface area contributed by atoms with Crippen LogP contribution in [0.2, 0.25) is 0 Å². The molecule has 10 heteroatoms. The van der Waals surface area contributed by atoms with Gasteiger partial charge >= 0.3 is 0 Å². The summed E-state index contributed by atoms with van der Waals surface area (Å²) in [6.45, 7) is 4.55. The van der Waals surface area contributed by atoms with Crippen LogP contribution >= 0.6 is 22.7 Å². The summed E-state index contributed by atoms with van der Waals surface area (Å²) < 4.78 is 0. The van der Waals surface area contributed by atoms with E-state index in [9.17, 15) is 9.90 Å². The number of nitrogen functional groups attached to an aromatic ring is 1. The lowest BCUT2D eigenvalue weighted by Gasteiger charge is -2.39. The summed E-state index contributed by atoms with van der Waals surface area (Å²) in [4.78, 5) is 18.8. The van der Waals surface area contributed by atoms with Crippen molar-refractivity contribution in [2.75, 3.05) is 30.7 Å². The Labute approximate surface area is 190 Å². The first-order valence-corrected chi connectivity index (χ1v) is 12.4. The Kier molecular flexibility index (Phi) is 6.92. The number of nitrogens with two attached hydrogens (primary N) is 2. The minimum absolute atomic E-state index is 0.0784. The van der Waals surface area contributed by atoms with Crippen LogP contribution in [0.25, 0.3) is 5.57 Å². The molecule has 31 heavy (non-hydrogen) atoms. The van der Waals surface area contributed by atoms with Crippen molar-refractivity contribution in [3.63, 3.8) is 0 Å². The molecule has 0 radical (unpaired) electrons. The molecule has 4 rings (SSSR count). The zero-order valence-electron chi connectivity index (χ0n) is 17.6. The molecule has 0 aliphatic carbocycles. The summed E-state index contributed by atoms with van der Waals surface area (Å²) in [6, 6.07) is 0.378. The van der Waals surface area contributed by atoms with Crippen LogP contribution < -0.4 is 22.1 Å². The largest absolute Gasteiger partial charge is 0.397 e. The van der Waals surface area contributed by atoms with Gasteiger partial charge in [-0.2, -0.15) is 0 Å². The summed E-state index contributed by atoms with van der Waals surface area (Å²) in [5, 5.41) is 20.9. The molecule has 1 saturated heterocycles. The smallest absolute Gasteiger partial charge is 0.260 e. The van der Waals surface area contributed by atoms with E-state index in [4.69, 9.17) is 11.5 Å². The highest BCUT2D eigenvalue weighted by atomic mass is 32.1. The van der Waals surface area contributed by atoms with E-state index in [-0.39, 0.29) is 6.17 Å². The average Bonchev–Trinajstić information content (AvgIpc) is 3.41. The van der Waals surface area contributed by atoms with E-state index in [0.29, 0.717) is 23.2 Å². The number of hydrogen-bond acceptors (Lipinski definition) is 9. The van der Waals surface area contributed by atoms with E-state index < -0.39 is 12.0 Å². The normalized spacial score (nSPS) is 20.7. The first-order chi connectivity index (χ1) is 15.0. The first kappa shape index (κ1) is 22.2. The molecule has 2 aliphatic rings. The van der Waals surface area contributed by atoms with Crippen LogP contribution in [0.4, 0.5) is 10.7 Å². The summed E-state index contributed by atoms with van der Waals surface area (Å²) in [7, 11) is 0. The second kappa shape index (κ2) is 9.66. The molecule has 0 aromatic carbocycles. The molecule has 2 unspecified atom stereocenters. The number of anilines is 2. The molecular formula is C21H30N6O2S2. The van der Waals surface area contributed by atoms with E-state index in [1.165, 1.54) is 28.2 Å². The Bertz CT molecular complexity index is 934. The number of allylic oxidation sites excluding steroid dienone is 1. The second-order valence-electron chi connectivity index (χ2n) is 8.05. The van der Waals surface area contributed by atoms with E-state index >= 15 is 0 Å². The quantitative estimate of drug-likeness (QED) is 0.408. The number of aliphatic hydroxyl groups is 1. The standard InChI is InChI=1S/C21H30N6O2S2/c1-2-3-12-10-15(26-21-16(12)17(22)18(31-21)19(23)29)27-7-4-13(5-8-27)25-11-14(28)20-24-6-9-30-20/h6,9-10,13-15,25-26,28H,2-5,7-8,11,22H2,1H3,(H2,23,29). The predicted molar refractivity (Wildman–Crippen MR) is 127 cm³/mol. The lowest BCUT2D eigenvalue weighted by atomic mass is 9.96. The van der Waals surface area contributed by atoms with Crippen LogP contribution in [0.1, 0.15) is 59.0 Å². The molecule has 0 spiro atoms. The Morgan fingerprint density at radius 1 is 1.45 bits per heavy atom. The molecule has 2 aromatic heterocycles. The van der Waals surface area contributed by atoms with E-state index in [2.05, 4.69) is 33.5 Å². The molecule has 2 aliphatic heterocycles. The fourth-order valence-corrected chi connectivity index (χ4v) is 5.98. The number of hydrogen-bond donors (Lipinski definition) is 5. The third-order valence-electron chi connectivity index (χ3n) is 5.91. The van der Waals surface area contributed by atoms with Gasteiger partial charge in [0.25, 0.3) is 5.91 Å². The van der Waals surface area contributed by atoms with Gasteiger partial charge in [0.2, 0.25) is 0 Å². The van der Waals surface area contributed by atoms with Crippen molar-refractivity contribution in [3.05, 3.63) is 33.1 Å². The molecule has 1 amide bonds. The van der Waals surface area contributed by atoms with Gasteiger partial charge in [0.05, 0.1) is 11.9 Å². The molecule has 2 aromatic rings. The van der Waals surface area contributed by atoms with Crippen LogP contribution in [0.3, 0.4) is 0 Å². The highest BCUT2D eigenvalue weighted by Gasteiger charge is 2.31. The Morgan fingerprint density at radius 3 is 2.87 bits per heavy atom. The summed E-state index contributed by atoms with van der Waals surface area (Å²) in [5.74, 6) is -0.474. The van der Waals surface area contributed by atoms with Crippen molar-refractivity contribution < 1.29 is 9.90 Å². The number of aromatic nitrogens is 1. The van der Waals surface area contributed by atoms with Crippen LogP contribution in [0.5, 0.6) is 0 Å². The van der Waals surface area contributed by atoms with E-state index in [1.54, 1.807) is 6.20 Å². The zero-order chi connectivity index (χ0) is 22.0. The van der Waals surface area contributed by atoms with Crippen LogP contribution in [0, 0.1) is 0 Å². The SMILES string of the molecule is CCCC1=CC(N2CCC(NCC(O)c3nccs3)CC2)Nc2sc(C(N)=O)c(N)c21. The number of carbonyl (C=O) groups is 1. The molecule has 0 bridgehead atoms. The average molecular weight is 463 g/mol. The van der Waals surface area contributed by atoms with Crippen LogP contribution in [0.15, 0.2) is 17.7 Å². The highest BCUT2D eigenvalue weighted by Crippen LogP contribution is 2.44. The number of rotatable bonds is 8. The Balaban J connectivity index is 1.38. The monoisotopic (exact) mass is 462 g/mol. The van der Waals surface area contributed by atoms with Gasteiger partial charge < -0.3 is 27.2 Å². The third-order valence-corrected chi connectivity index (χ3v) is 7.93. The number of fused-ring (bicyclic) bond motifs is 1. The summed E-state index contributed by atoms with van der Waals surface area (Å²) in [5.41, 5.74) is 14.4. The maximum absolute atomic E-state index is 11.8. The fourth-order valence-electron chi connectivity index (χ4n) is 4.32. The number of nitrogens with one attached hydrogen (secondary N) is 2. The zero-order valence-corrected chi connectivity index (χ0v) is 19.3. The Morgan fingerprint density at radius 2 is 2.23 bits per heavy atom.